The maximum absolute atomic E-state index is 13.3. The fourth-order valence-corrected chi connectivity index (χ4v) is 3.30. The molecule has 144 valence electrons. The predicted octanol–water partition coefficient (Wildman–Crippen LogP) is 4.15. The summed E-state index contributed by atoms with van der Waals surface area (Å²) in [6.45, 7) is 1.51. The van der Waals surface area contributed by atoms with Gasteiger partial charge in [0, 0.05) is 16.6 Å². The number of rotatable bonds is 4. The number of para-hydroxylation sites is 1. The third-order valence-corrected chi connectivity index (χ3v) is 4.70. The Hall–Kier alpha value is -3.80. The van der Waals surface area contributed by atoms with Crippen LogP contribution in [0, 0.1) is 12.7 Å². The van der Waals surface area contributed by atoms with Crippen molar-refractivity contribution < 1.29 is 9.18 Å². The fraction of sp³-hybridized carbons (Fsp3) is 0.0870. The molecule has 0 spiro atoms. The number of nitrogens with one attached hydrogen (secondary N) is 1. The van der Waals surface area contributed by atoms with Crippen molar-refractivity contribution in [1.82, 2.24) is 9.55 Å². The summed E-state index contributed by atoms with van der Waals surface area (Å²) in [4.78, 5) is 29.6. The third-order valence-electron chi connectivity index (χ3n) is 4.70. The molecule has 0 unspecified atom stereocenters. The Kier molecular flexibility index (Phi) is 4.91. The van der Waals surface area contributed by atoms with Gasteiger partial charge in [0.05, 0.1) is 11.2 Å². The molecule has 0 saturated heterocycles. The Balaban J connectivity index is 1.72. The van der Waals surface area contributed by atoms with Gasteiger partial charge in [-0.1, -0.05) is 48.5 Å². The van der Waals surface area contributed by atoms with Gasteiger partial charge in [-0.15, -0.1) is 0 Å². The van der Waals surface area contributed by atoms with E-state index in [0.717, 1.165) is 10.9 Å². The summed E-state index contributed by atoms with van der Waals surface area (Å²) >= 11 is 0. The summed E-state index contributed by atoms with van der Waals surface area (Å²) in [6.07, 6.45) is 0. The molecule has 4 rings (SSSR count). The number of carbonyl (C=O) groups is 1. The second-order valence-corrected chi connectivity index (χ2v) is 6.72. The van der Waals surface area contributed by atoms with Gasteiger partial charge in [-0.05, 0) is 36.8 Å². The Morgan fingerprint density at radius 1 is 1.03 bits per heavy atom. The molecule has 29 heavy (non-hydrogen) atoms. The molecule has 4 aromatic rings. The van der Waals surface area contributed by atoms with Crippen molar-refractivity contribution in [2.24, 2.45) is 0 Å². The van der Waals surface area contributed by atoms with Gasteiger partial charge in [0.15, 0.2) is 0 Å². The number of halogens is 1. The molecule has 3 aromatic carbocycles. The van der Waals surface area contributed by atoms with Crippen molar-refractivity contribution in [2.45, 2.75) is 13.5 Å². The van der Waals surface area contributed by atoms with Gasteiger partial charge in [-0.2, -0.15) is 4.98 Å². The van der Waals surface area contributed by atoms with Gasteiger partial charge in [0.2, 0.25) is 5.91 Å². The first kappa shape index (κ1) is 18.6. The number of hydrogen-bond donors (Lipinski definition) is 1. The molecule has 0 aliphatic carbocycles. The second-order valence-electron chi connectivity index (χ2n) is 6.72. The monoisotopic (exact) mass is 387 g/mol. The number of aromatic nitrogens is 2. The summed E-state index contributed by atoms with van der Waals surface area (Å²) in [7, 11) is 0. The first-order valence-corrected chi connectivity index (χ1v) is 9.14. The lowest BCUT2D eigenvalue weighted by Gasteiger charge is -2.13. The highest BCUT2D eigenvalue weighted by atomic mass is 19.1. The van der Waals surface area contributed by atoms with E-state index in [2.05, 4.69) is 10.3 Å². The molecule has 0 aliphatic rings. The van der Waals surface area contributed by atoms with Crippen LogP contribution in [0.3, 0.4) is 0 Å². The average Bonchev–Trinajstić information content (AvgIpc) is 2.72. The van der Waals surface area contributed by atoms with Crippen LogP contribution in [0.5, 0.6) is 0 Å². The summed E-state index contributed by atoms with van der Waals surface area (Å²) in [6, 6.07) is 20.9. The zero-order valence-electron chi connectivity index (χ0n) is 15.7. The molecular formula is C23H18FN3O2. The quantitative estimate of drug-likeness (QED) is 0.572. The Bertz CT molecular complexity index is 1270. The number of aryl methyl sites for hydroxylation is 1. The van der Waals surface area contributed by atoms with E-state index in [0.29, 0.717) is 22.5 Å². The molecule has 0 atom stereocenters. The number of hydrogen-bond acceptors (Lipinski definition) is 3. The molecule has 1 heterocycles. The highest BCUT2D eigenvalue weighted by molar-refractivity contribution is 5.95. The smallest absolute Gasteiger partial charge is 0.324 e. The summed E-state index contributed by atoms with van der Waals surface area (Å²) < 4.78 is 14.6. The summed E-state index contributed by atoms with van der Waals surface area (Å²) in [5.74, 6) is -0.760. The van der Waals surface area contributed by atoms with E-state index in [9.17, 15) is 14.0 Å². The Labute approximate surface area is 166 Å². The van der Waals surface area contributed by atoms with Gasteiger partial charge >= 0.3 is 5.69 Å². The van der Waals surface area contributed by atoms with Crippen LogP contribution in [0.1, 0.15) is 5.56 Å². The van der Waals surface area contributed by atoms with Crippen LogP contribution in [0.2, 0.25) is 0 Å². The minimum absolute atomic E-state index is 0.196. The molecular weight excluding hydrogens is 369 g/mol. The highest BCUT2D eigenvalue weighted by Gasteiger charge is 2.14. The van der Waals surface area contributed by atoms with E-state index >= 15 is 0 Å². The van der Waals surface area contributed by atoms with Crippen molar-refractivity contribution in [1.29, 1.82) is 0 Å². The van der Waals surface area contributed by atoms with Crippen LogP contribution in [0.25, 0.3) is 22.2 Å². The first-order valence-electron chi connectivity index (χ1n) is 9.14. The lowest BCUT2D eigenvalue weighted by molar-refractivity contribution is -0.116. The zero-order chi connectivity index (χ0) is 20.4. The fourth-order valence-electron chi connectivity index (χ4n) is 3.30. The van der Waals surface area contributed by atoms with E-state index in [-0.39, 0.29) is 18.3 Å². The number of benzene rings is 3. The minimum Gasteiger partial charge on any atom is -0.324 e. The molecule has 0 aliphatic heterocycles. The third kappa shape index (κ3) is 3.78. The topological polar surface area (TPSA) is 64.0 Å². The Morgan fingerprint density at radius 3 is 2.52 bits per heavy atom. The van der Waals surface area contributed by atoms with Crippen LogP contribution in [0.15, 0.2) is 77.6 Å². The normalized spacial score (nSPS) is 10.8. The largest absolute Gasteiger partial charge is 0.349 e. The first-order chi connectivity index (χ1) is 14.0. The molecule has 0 bridgehead atoms. The zero-order valence-corrected chi connectivity index (χ0v) is 15.7. The minimum atomic E-state index is -0.506. The van der Waals surface area contributed by atoms with Gasteiger partial charge in [0.25, 0.3) is 0 Å². The maximum atomic E-state index is 13.3. The number of fused-ring (bicyclic) bond motifs is 1. The van der Waals surface area contributed by atoms with Crippen LogP contribution < -0.4 is 11.0 Å². The molecule has 1 N–H and O–H groups in total. The van der Waals surface area contributed by atoms with Crippen molar-refractivity contribution in [3.8, 4) is 11.3 Å². The lowest BCUT2D eigenvalue weighted by atomic mass is 10.1. The SMILES string of the molecule is Cc1cc(F)ccc1NC(=O)Cn1c(=O)nc(-c2ccccc2)c2ccccc21. The van der Waals surface area contributed by atoms with Crippen molar-refractivity contribution in [3.63, 3.8) is 0 Å². The van der Waals surface area contributed by atoms with E-state index in [1.807, 2.05) is 48.5 Å². The van der Waals surface area contributed by atoms with Crippen LogP contribution in [-0.2, 0) is 11.3 Å². The molecule has 1 amide bonds. The summed E-state index contributed by atoms with van der Waals surface area (Å²) in [5, 5.41) is 3.51. The molecule has 1 aromatic heterocycles. The van der Waals surface area contributed by atoms with Crippen LogP contribution in [-0.4, -0.2) is 15.5 Å². The standard InChI is InChI=1S/C23H18FN3O2/c1-15-13-17(24)11-12-19(15)25-21(28)14-27-20-10-6-5-9-18(20)22(26-23(27)29)16-7-3-2-4-8-16/h2-13H,14H2,1H3,(H,25,28). The van der Waals surface area contributed by atoms with Gasteiger partial charge in [-0.3, -0.25) is 9.36 Å². The molecule has 0 radical (unpaired) electrons. The van der Waals surface area contributed by atoms with Crippen molar-refractivity contribution in [2.75, 3.05) is 5.32 Å². The van der Waals surface area contributed by atoms with Crippen molar-refractivity contribution in [3.05, 3.63) is 94.7 Å². The maximum Gasteiger partial charge on any atom is 0.349 e. The second kappa shape index (κ2) is 7.67. The van der Waals surface area contributed by atoms with Crippen LogP contribution >= 0.6 is 0 Å². The van der Waals surface area contributed by atoms with Gasteiger partial charge < -0.3 is 5.32 Å². The molecule has 5 nitrogen and oxygen atoms in total. The predicted molar refractivity (Wildman–Crippen MR) is 111 cm³/mol. The number of carbonyl (C=O) groups excluding carboxylic acids is 1. The van der Waals surface area contributed by atoms with E-state index in [1.165, 1.54) is 22.8 Å². The molecule has 0 saturated carbocycles. The van der Waals surface area contributed by atoms with Crippen molar-refractivity contribution >= 4 is 22.5 Å². The average molecular weight is 387 g/mol. The van der Waals surface area contributed by atoms with Gasteiger partial charge in [0.1, 0.15) is 12.4 Å². The van der Waals surface area contributed by atoms with E-state index in [1.54, 1.807) is 13.0 Å². The molecule has 0 fully saturated rings. The summed E-state index contributed by atoms with van der Waals surface area (Å²) in [5.41, 5.74) is 2.64. The van der Waals surface area contributed by atoms with E-state index in [4.69, 9.17) is 0 Å². The number of amides is 1. The highest BCUT2D eigenvalue weighted by Crippen LogP contribution is 2.25. The van der Waals surface area contributed by atoms with E-state index < -0.39 is 5.69 Å². The van der Waals surface area contributed by atoms with Gasteiger partial charge in [-0.25, -0.2) is 9.18 Å². The number of anilines is 1. The lowest BCUT2D eigenvalue weighted by Crippen LogP contribution is -2.30. The van der Waals surface area contributed by atoms with Crippen LogP contribution in [0.4, 0.5) is 10.1 Å². The molecule has 6 heteroatoms. The number of nitrogens with zero attached hydrogens (tertiary/aromatic N) is 2. The Morgan fingerprint density at radius 2 is 1.76 bits per heavy atom.